The van der Waals surface area contributed by atoms with Gasteiger partial charge < -0.3 is 14.7 Å². The largest absolute Gasteiger partial charge is 0.358 e. The Morgan fingerprint density at radius 3 is 2.39 bits per heavy atom. The zero-order valence-electron chi connectivity index (χ0n) is 19.3. The van der Waals surface area contributed by atoms with Gasteiger partial charge in [-0.2, -0.15) is 10.2 Å². The summed E-state index contributed by atoms with van der Waals surface area (Å²) in [5.74, 6) is 1.58. The quantitative estimate of drug-likeness (QED) is 0.517. The van der Waals surface area contributed by atoms with Crippen molar-refractivity contribution < 1.29 is 0 Å². The maximum absolute atomic E-state index is 9.06. The van der Waals surface area contributed by atoms with Crippen molar-refractivity contribution in [2.24, 2.45) is 0 Å². The van der Waals surface area contributed by atoms with Crippen LogP contribution in [0.5, 0.6) is 0 Å². The zero-order valence-corrected chi connectivity index (χ0v) is 19.3. The van der Waals surface area contributed by atoms with Crippen molar-refractivity contribution in [3.05, 3.63) is 48.0 Å². The first-order valence-corrected chi connectivity index (χ1v) is 10.7. The van der Waals surface area contributed by atoms with E-state index in [2.05, 4.69) is 84.3 Å². The molecule has 6 nitrogen and oxygen atoms in total. The molecule has 0 saturated carbocycles. The van der Waals surface area contributed by atoms with Crippen LogP contribution in [0.2, 0.25) is 0 Å². The van der Waals surface area contributed by atoms with Crippen molar-refractivity contribution in [2.75, 3.05) is 57.6 Å². The molecule has 0 atom stereocenters. The van der Waals surface area contributed by atoms with Crippen LogP contribution in [0, 0.1) is 18.3 Å². The van der Waals surface area contributed by atoms with Gasteiger partial charge in [0.15, 0.2) is 0 Å². The van der Waals surface area contributed by atoms with Crippen LogP contribution in [-0.4, -0.2) is 62.7 Å². The lowest BCUT2D eigenvalue weighted by Crippen LogP contribution is -2.26. The predicted molar refractivity (Wildman–Crippen MR) is 130 cm³/mol. The summed E-state index contributed by atoms with van der Waals surface area (Å²) in [5.41, 5.74) is 4.51. The SMILES string of the molecule is Cc1ccccc1-c1ccc2nc(N(C)CCCN(C)C)nc(N(C)CCC#N)c2c1. The second-order valence-corrected chi connectivity index (χ2v) is 8.30. The minimum atomic E-state index is 0.452. The lowest BCUT2D eigenvalue weighted by Gasteiger charge is -2.23. The summed E-state index contributed by atoms with van der Waals surface area (Å²) in [6.45, 7) is 4.65. The molecule has 31 heavy (non-hydrogen) atoms. The number of nitrogens with zero attached hydrogens (tertiary/aromatic N) is 6. The number of benzene rings is 2. The molecule has 162 valence electrons. The van der Waals surface area contributed by atoms with Crippen molar-refractivity contribution >= 4 is 22.7 Å². The summed E-state index contributed by atoms with van der Waals surface area (Å²) < 4.78 is 0. The highest BCUT2D eigenvalue weighted by atomic mass is 15.3. The van der Waals surface area contributed by atoms with E-state index in [0.717, 1.165) is 41.8 Å². The van der Waals surface area contributed by atoms with E-state index < -0.39 is 0 Å². The molecule has 0 unspecified atom stereocenters. The Hall–Kier alpha value is -3.17. The second kappa shape index (κ2) is 10.2. The first-order valence-electron chi connectivity index (χ1n) is 10.7. The maximum atomic E-state index is 9.06. The molecule has 0 saturated heterocycles. The number of rotatable bonds is 9. The highest BCUT2D eigenvalue weighted by molar-refractivity contribution is 5.94. The molecule has 3 aromatic rings. The first kappa shape index (κ1) is 22.5. The predicted octanol–water partition coefficient (Wildman–Crippen LogP) is 4.34. The number of nitriles is 1. The fourth-order valence-corrected chi connectivity index (χ4v) is 3.67. The fraction of sp³-hybridized carbons (Fsp3) is 0.400. The van der Waals surface area contributed by atoms with Crippen molar-refractivity contribution in [3.63, 3.8) is 0 Å². The van der Waals surface area contributed by atoms with E-state index in [1.807, 2.05) is 14.1 Å². The number of aromatic nitrogens is 2. The van der Waals surface area contributed by atoms with Gasteiger partial charge in [-0.15, -0.1) is 0 Å². The maximum Gasteiger partial charge on any atom is 0.227 e. The van der Waals surface area contributed by atoms with E-state index >= 15 is 0 Å². The topological polar surface area (TPSA) is 59.3 Å². The lowest BCUT2D eigenvalue weighted by atomic mass is 9.99. The van der Waals surface area contributed by atoms with Gasteiger partial charge in [-0.3, -0.25) is 0 Å². The molecule has 1 heterocycles. The highest BCUT2D eigenvalue weighted by Crippen LogP contribution is 2.31. The van der Waals surface area contributed by atoms with Crippen LogP contribution < -0.4 is 9.80 Å². The second-order valence-electron chi connectivity index (χ2n) is 8.30. The molecular formula is C25H32N6. The summed E-state index contributed by atoms with van der Waals surface area (Å²) in [6.07, 6.45) is 1.49. The number of aryl methyl sites for hydroxylation is 1. The average molecular weight is 417 g/mol. The summed E-state index contributed by atoms with van der Waals surface area (Å²) in [6, 6.07) is 17.0. The number of fused-ring (bicyclic) bond motifs is 1. The molecule has 0 aliphatic carbocycles. The van der Waals surface area contributed by atoms with Gasteiger partial charge >= 0.3 is 0 Å². The van der Waals surface area contributed by atoms with Crippen molar-refractivity contribution in [2.45, 2.75) is 19.8 Å². The fourth-order valence-electron chi connectivity index (χ4n) is 3.67. The lowest BCUT2D eigenvalue weighted by molar-refractivity contribution is 0.401. The van der Waals surface area contributed by atoms with E-state index in [0.29, 0.717) is 18.9 Å². The molecular weight excluding hydrogens is 384 g/mol. The van der Waals surface area contributed by atoms with E-state index in [9.17, 15) is 0 Å². The van der Waals surface area contributed by atoms with Gasteiger partial charge in [-0.05, 0) is 62.8 Å². The molecule has 0 spiro atoms. The molecule has 0 radical (unpaired) electrons. The Bertz CT molecular complexity index is 1070. The molecule has 0 aliphatic heterocycles. The molecule has 3 rings (SSSR count). The van der Waals surface area contributed by atoms with E-state index in [4.69, 9.17) is 15.2 Å². The van der Waals surface area contributed by atoms with Crippen molar-refractivity contribution in [3.8, 4) is 17.2 Å². The number of anilines is 2. The van der Waals surface area contributed by atoms with Crippen molar-refractivity contribution in [1.82, 2.24) is 14.9 Å². The summed E-state index contributed by atoms with van der Waals surface area (Å²) in [5, 5.41) is 10.1. The van der Waals surface area contributed by atoms with Crippen LogP contribution in [-0.2, 0) is 0 Å². The van der Waals surface area contributed by atoms with Gasteiger partial charge in [0.2, 0.25) is 5.95 Å². The van der Waals surface area contributed by atoms with E-state index in [1.165, 1.54) is 11.1 Å². The van der Waals surface area contributed by atoms with Crippen LogP contribution in [0.4, 0.5) is 11.8 Å². The molecule has 0 bridgehead atoms. The Morgan fingerprint density at radius 1 is 0.903 bits per heavy atom. The Labute approximate surface area is 185 Å². The number of hydrogen-bond acceptors (Lipinski definition) is 6. The normalized spacial score (nSPS) is 11.0. The van der Waals surface area contributed by atoms with Crippen LogP contribution in [0.1, 0.15) is 18.4 Å². The van der Waals surface area contributed by atoms with Gasteiger partial charge in [0.25, 0.3) is 0 Å². The molecule has 1 aromatic heterocycles. The Kier molecular flexibility index (Phi) is 7.43. The van der Waals surface area contributed by atoms with Gasteiger partial charge in [0, 0.05) is 32.6 Å². The molecule has 6 heteroatoms. The third-order valence-corrected chi connectivity index (χ3v) is 5.48. The van der Waals surface area contributed by atoms with E-state index in [1.54, 1.807) is 0 Å². The monoisotopic (exact) mass is 416 g/mol. The smallest absolute Gasteiger partial charge is 0.227 e. The Morgan fingerprint density at radius 2 is 1.68 bits per heavy atom. The molecule has 0 aliphatic rings. The zero-order chi connectivity index (χ0) is 22.4. The Balaban J connectivity index is 2.04. The minimum absolute atomic E-state index is 0.452. The standard InChI is InChI=1S/C25H32N6/c1-19-10-6-7-11-21(19)20-12-13-23-22(18-20)24(30(4)16-8-14-26)28-25(27-23)31(5)17-9-15-29(2)3/h6-7,10-13,18H,8-9,15-17H2,1-5H3. The summed E-state index contributed by atoms with van der Waals surface area (Å²) in [4.78, 5) is 16.1. The summed E-state index contributed by atoms with van der Waals surface area (Å²) in [7, 11) is 8.20. The van der Waals surface area contributed by atoms with Gasteiger partial charge in [0.05, 0.1) is 18.0 Å². The average Bonchev–Trinajstić information content (AvgIpc) is 2.76. The highest BCUT2D eigenvalue weighted by Gasteiger charge is 2.15. The molecule has 0 fully saturated rings. The van der Waals surface area contributed by atoms with Gasteiger partial charge in [0.1, 0.15) is 5.82 Å². The molecule has 0 amide bonds. The van der Waals surface area contributed by atoms with E-state index in [-0.39, 0.29) is 0 Å². The minimum Gasteiger partial charge on any atom is -0.358 e. The molecule has 2 aromatic carbocycles. The van der Waals surface area contributed by atoms with Crippen LogP contribution >= 0.6 is 0 Å². The van der Waals surface area contributed by atoms with Crippen molar-refractivity contribution in [1.29, 1.82) is 5.26 Å². The van der Waals surface area contributed by atoms with Crippen LogP contribution in [0.25, 0.3) is 22.0 Å². The first-order chi connectivity index (χ1) is 14.9. The van der Waals surface area contributed by atoms with Crippen LogP contribution in [0.15, 0.2) is 42.5 Å². The number of hydrogen-bond donors (Lipinski definition) is 0. The van der Waals surface area contributed by atoms with Gasteiger partial charge in [-0.25, -0.2) is 4.98 Å². The summed E-state index contributed by atoms with van der Waals surface area (Å²) >= 11 is 0. The van der Waals surface area contributed by atoms with Crippen LogP contribution in [0.3, 0.4) is 0 Å². The molecule has 0 N–H and O–H groups in total. The third-order valence-electron chi connectivity index (χ3n) is 5.48. The van der Waals surface area contributed by atoms with Gasteiger partial charge in [-0.1, -0.05) is 30.3 Å². The third kappa shape index (κ3) is 5.50.